The fraction of sp³-hybridized carbons (Fsp3) is 0.348. The molecule has 1 saturated carbocycles. The van der Waals surface area contributed by atoms with Crippen molar-refractivity contribution in [2.45, 2.75) is 50.4 Å². The third-order valence-electron chi connectivity index (χ3n) is 5.31. The van der Waals surface area contributed by atoms with Crippen LogP contribution in [0.1, 0.15) is 32.6 Å². The number of nitrogens with one attached hydrogen (secondary N) is 1. The maximum absolute atomic E-state index is 12.4. The van der Waals surface area contributed by atoms with Gasteiger partial charge in [-0.15, -0.1) is 10.2 Å². The molecule has 1 fully saturated rings. The number of hydrogen-bond acceptors (Lipinski definition) is 5. The summed E-state index contributed by atoms with van der Waals surface area (Å²) in [6, 6.07) is 13.1. The van der Waals surface area contributed by atoms with Gasteiger partial charge in [0.2, 0.25) is 5.91 Å². The predicted octanol–water partition coefficient (Wildman–Crippen LogP) is 6.32. The number of carbonyl (C=O) groups is 1. The number of aromatic nitrogens is 3. The third-order valence-corrected chi connectivity index (χ3v) is 7.09. The van der Waals surface area contributed by atoms with E-state index in [0.29, 0.717) is 33.5 Å². The molecule has 4 rings (SSSR count). The molecule has 1 heterocycles. The summed E-state index contributed by atoms with van der Waals surface area (Å²) in [5.74, 6) is 1.63. The Hall–Kier alpha value is -2.22. The number of hydrogen-bond donors (Lipinski definition) is 1. The van der Waals surface area contributed by atoms with Gasteiger partial charge in [-0.05, 0) is 69.0 Å². The molecule has 1 aliphatic rings. The second kappa shape index (κ2) is 10.6. The van der Waals surface area contributed by atoms with Crippen LogP contribution in [-0.4, -0.2) is 32.5 Å². The van der Waals surface area contributed by atoms with Crippen LogP contribution in [0.2, 0.25) is 10.0 Å². The molecule has 1 amide bonds. The molecule has 0 unspecified atom stereocenters. The van der Waals surface area contributed by atoms with Gasteiger partial charge in [-0.25, -0.2) is 0 Å². The molecule has 168 valence electrons. The van der Waals surface area contributed by atoms with Crippen LogP contribution in [0.5, 0.6) is 5.75 Å². The van der Waals surface area contributed by atoms with E-state index < -0.39 is 0 Å². The lowest BCUT2D eigenvalue weighted by atomic mass is 10.2. The minimum atomic E-state index is -0.195. The Kier molecular flexibility index (Phi) is 7.60. The highest BCUT2D eigenvalue weighted by Gasteiger charge is 2.18. The Morgan fingerprint density at radius 2 is 1.91 bits per heavy atom. The Morgan fingerprint density at radius 3 is 2.62 bits per heavy atom. The minimum absolute atomic E-state index is 0.176. The lowest BCUT2D eigenvalue weighted by Gasteiger charge is -2.13. The van der Waals surface area contributed by atoms with Crippen molar-refractivity contribution >= 4 is 46.6 Å². The SMILES string of the molecule is CCn1c(SCC(=O)Nc2cccc(Cl)c2Cl)nnc1-c1ccc(OC2CCCC2)cc1. The number of rotatable bonds is 8. The number of anilines is 1. The summed E-state index contributed by atoms with van der Waals surface area (Å²) in [5.41, 5.74) is 1.45. The molecule has 3 aromatic rings. The van der Waals surface area contributed by atoms with E-state index in [1.54, 1.807) is 18.2 Å². The van der Waals surface area contributed by atoms with E-state index in [2.05, 4.69) is 15.5 Å². The Bertz CT molecular complexity index is 1080. The summed E-state index contributed by atoms with van der Waals surface area (Å²) in [4.78, 5) is 12.4. The topological polar surface area (TPSA) is 69.0 Å². The first-order valence-electron chi connectivity index (χ1n) is 10.6. The van der Waals surface area contributed by atoms with Crippen molar-refractivity contribution in [2.24, 2.45) is 0 Å². The van der Waals surface area contributed by atoms with Crippen LogP contribution >= 0.6 is 35.0 Å². The second-order valence-corrected chi connectivity index (χ2v) is 9.27. The fourth-order valence-electron chi connectivity index (χ4n) is 3.69. The quantitative estimate of drug-likeness (QED) is 0.373. The Labute approximate surface area is 201 Å². The van der Waals surface area contributed by atoms with Crippen molar-refractivity contribution in [3.63, 3.8) is 0 Å². The zero-order chi connectivity index (χ0) is 22.5. The number of carbonyl (C=O) groups excluding carboxylic acids is 1. The normalized spacial score (nSPS) is 14.0. The highest BCUT2D eigenvalue weighted by Crippen LogP contribution is 2.31. The van der Waals surface area contributed by atoms with Crippen LogP contribution in [0.3, 0.4) is 0 Å². The smallest absolute Gasteiger partial charge is 0.234 e. The van der Waals surface area contributed by atoms with E-state index in [1.165, 1.54) is 24.6 Å². The van der Waals surface area contributed by atoms with Gasteiger partial charge in [-0.3, -0.25) is 4.79 Å². The number of benzene rings is 2. The number of ether oxygens (including phenoxy) is 1. The molecule has 0 spiro atoms. The average molecular weight is 491 g/mol. The number of halogens is 2. The fourth-order valence-corrected chi connectivity index (χ4v) is 4.84. The van der Waals surface area contributed by atoms with Crippen molar-refractivity contribution in [3.8, 4) is 17.1 Å². The van der Waals surface area contributed by atoms with Gasteiger partial charge < -0.3 is 14.6 Å². The van der Waals surface area contributed by atoms with Crippen LogP contribution in [0.25, 0.3) is 11.4 Å². The molecular formula is C23H24Cl2N4O2S. The summed E-state index contributed by atoms with van der Waals surface area (Å²) < 4.78 is 8.05. The van der Waals surface area contributed by atoms with Crippen LogP contribution in [0.4, 0.5) is 5.69 Å². The van der Waals surface area contributed by atoms with Crippen LogP contribution < -0.4 is 10.1 Å². The molecule has 0 saturated heterocycles. The number of thioether (sulfide) groups is 1. The predicted molar refractivity (Wildman–Crippen MR) is 130 cm³/mol. The van der Waals surface area contributed by atoms with Crippen LogP contribution in [0, 0.1) is 0 Å². The number of amides is 1. The second-order valence-electron chi connectivity index (χ2n) is 7.54. The summed E-state index contributed by atoms with van der Waals surface area (Å²) in [5, 5.41) is 12.8. The molecule has 6 nitrogen and oxygen atoms in total. The average Bonchev–Trinajstić information content (AvgIpc) is 3.45. The van der Waals surface area contributed by atoms with Gasteiger partial charge in [0.05, 0.1) is 27.6 Å². The third kappa shape index (κ3) is 5.39. The molecule has 1 aromatic heterocycles. The van der Waals surface area contributed by atoms with E-state index >= 15 is 0 Å². The van der Waals surface area contributed by atoms with Gasteiger partial charge in [-0.1, -0.05) is 41.0 Å². The van der Waals surface area contributed by atoms with Crippen LogP contribution in [-0.2, 0) is 11.3 Å². The molecule has 0 atom stereocenters. The van der Waals surface area contributed by atoms with Gasteiger partial charge in [0.15, 0.2) is 11.0 Å². The van der Waals surface area contributed by atoms with Crippen molar-refractivity contribution < 1.29 is 9.53 Å². The maximum atomic E-state index is 12.4. The highest BCUT2D eigenvalue weighted by atomic mass is 35.5. The van der Waals surface area contributed by atoms with Crippen molar-refractivity contribution in [3.05, 3.63) is 52.5 Å². The summed E-state index contributed by atoms with van der Waals surface area (Å²) in [7, 11) is 0. The molecule has 9 heteroatoms. The number of nitrogens with zero attached hydrogens (tertiary/aromatic N) is 3. The summed E-state index contributed by atoms with van der Waals surface area (Å²) in [6.07, 6.45) is 5.07. The van der Waals surface area contributed by atoms with Gasteiger partial charge >= 0.3 is 0 Å². The van der Waals surface area contributed by atoms with Crippen molar-refractivity contribution in [2.75, 3.05) is 11.1 Å². The Morgan fingerprint density at radius 1 is 1.16 bits per heavy atom. The van der Waals surface area contributed by atoms with Gasteiger partial charge in [0, 0.05) is 12.1 Å². The first kappa shape index (κ1) is 23.0. The molecule has 0 bridgehead atoms. The molecular weight excluding hydrogens is 467 g/mol. The van der Waals surface area contributed by atoms with E-state index in [-0.39, 0.29) is 11.7 Å². The summed E-state index contributed by atoms with van der Waals surface area (Å²) in [6.45, 7) is 2.72. The largest absolute Gasteiger partial charge is 0.490 e. The van der Waals surface area contributed by atoms with E-state index in [9.17, 15) is 4.79 Å². The highest BCUT2D eigenvalue weighted by molar-refractivity contribution is 7.99. The molecule has 2 aromatic carbocycles. The van der Waals surface area contributed by atoms with Gasteiger partial charge in [0.1, 0.15) is 5.75 Å². The standard InChI is InChI=1S/C23H24Cl2N4O2S/c1-2-29-22(15-10-12-17(13-11-15)31-16-6-3-4-7-16)27-28-23(29)32-14-20(30)26-19-9-5-8-18(24)21(19)25/h5,8-13,16H,2-4,6-7,14H2,1H3,(H,26,30). The van der Waals surface area contributed by atoms with Gasteiger partial charge in [0.25, 0.3) is 0 Å². The zero-order valence-corrected chi connectivity index (χ0v) is 20.0. The molecule has 0 aliphatic heterocycles. The monoisotopic (exact) mass is 490 g/mol. The molecule has 0 radical (unpaired) electrons. The minimum Gasteiger partial charge on any atom is -0.490 e. The lowest BCUT2D eigenvalue weighted by Crippen LogP contribution is -2.15. The summed E-state index contributed by atoms with van der Waals surface area (Å²) >= 11 is 13.5. The first-order valence-corrected chi connectivity index (χ1v) is 12.4. The van der Waals surface area contributed by atoms with E-state index in [4.69, 9.17) is 27.9 Å². The van der Waals surface area contributed by atoms with Crippen molar-refractivity contribution in [1.82, 2.24) is 14.8 Å². The van der Waals surface area contributed by atoms with E-state index in [1.807, 2.05) is 35.8 Å². The zero-order valence-electron chi connectivity index (χ0n) is 17.7. The van der Waals surface area contributed by atoms with Gasteiger partial charge in [-0.2, -0.15) is 0 Å². The molecule has 1 aliphatic carbocycles. The first-order chi connectivity index (χ1) is 15.5. The molecule has 32 heavy (non-hydrogen) atoms. The molecule has 1 N–H and O–H groups in total. The van der Waals surface area contributed by atoms with Crippen molar-refractivity contribution in [1.29, 1.82) is 0 Å². The van der Waals surface area contributed by atoms with E-state index in [0.717, 1.165) is 30.0 Å². The van der Waals surface area contributed by atoms with Crippen LogP contribution in [0.15, 0.2) is 47.6 Å². The maximum Gasteiger partial charge on any atom is 0.234 e. The lowest BCUT2D eigenvalue weighted by molar-refractivity contribution is -0.113. The Balaban J connectivity index is 1.40.